The summed E-state index contributed by atoms with van der Waals surface area (Å²) in [6, 6.07) is 4.71. The van der Waals surface area contributed by atoms with Crippen molar-refractivity contribution in [3.8, 4) is 0 Å². The fraction of sp³-hybridized carbons (Fsp3) is 0.429. The molecule has 0 fully saturated rings. The number of halogens is 1. The zero-order chi connectivity index (χ0) is 15.0. The van der Waals surface area contributed by atoms with Gasteiger partial charge < -0.3 is 15.7 Å². The molecule has 1 aromatic rings. The zero-order valence-electron chi connectivity index (χ0n) is 11.4. The molecule has 5 nitrogen and oxygen atoms in total. The van der Waals surface area contributed by atoms with Gasteiger partial charge in [0.1, 0.15) is 11.9 Å². The molecule has 3 N–H and O–H groups in total. The first-order valence-electron chi connectivity index (χ1n) is 6.54. The lowest BCUT2D eigenvalue weighted by molar-refractivity contribution is -0.139. The highest BCUT2D eigenvalue weighted by Gasteiger charge is 2.18. The van der Waals surface area contributed by atoms with Crippen molar-refractivity contribution in [3.63, 3.8) is 0 Å². The molecule has 2 amide bonds. The largest absolute Gasteiger partial charge is 0.480 e. The van der Waals surface area contributed by atoms with Crippen LogP contribution in [0.1, 0.15) is 25.3 Å². The van der Waals surface area contributed by atoms with E-state index in [0.717, 1.165) is 5.56 Å². The van der Waals surface area contributed by atoms with Gasteiger partial charge in [-0.05, 0) is 30.5 Å². The summed E-state index contributed by atoms with van der Waals surface area (Å²) in [5.41, 5.74) is 0.772. The van der Waals surface area contributed by atoms with E-state index in [1.807, 2.05) is 6.92 Å². The maximum atomic E-state index is 12.9. The van der Waals surface area contributed by atoms with Gasteiger partial charge in [0, 0.05) is 6.54 Å². The van der Waals surface area contributed by atoms with E-state index in [-0.39, 0.29) is 5.82 Å². The summed E-state index contributed by atoms with van der Waals surface area (Å²) in [6.07, 6.45) is 1.53. The first kappa shape index (κ1) is 15.9. The number of urea groups is 1. The van der Waals surface area contributed by atoms with Gasteiger partial charge in [-0.15, -0.1) is 0 Å². The fourth-order valence-corrected chi connectivity index (χ4v) is 1.77. The summed E-state index contributed by atoms with van der Waals surface area (Å²) < 4.78 is 12.9. The Morgan fingerprint density at radius 1 is 1.40 bits per heavy atom. The van der Waals surface area contributed by atoms with E-state index in [1.165, 1.54) is 12.1 Å². The van der Waals surface area contributed by atoms with E-state index >= 15 is 0 Å². The summed E-state index contributed by atoms with van der Waals surface area (Å²) in [5.74, 6) is -1.37. The molecule has 1 atom stereocenters. The molecule has 20 heavy (non-hydrogen) atoms. The van der Waals surface area contributed by atoms with Crippen LogP contribution in [-0.4, -0.2) is 29.7 Å². The van der Waals surface area contributed by atoms with Crippen LogP contribution in [0.25, 0.3) is 0 Å². The number of carbonyl (C=O) groups is 2. The monoisotopic (exact) mass is 282 g/mol. The summed E-state index contributed by atoms with van der Waals surface area (Å²) in [7, 11) is 0. The minimum absolute atomic E-state index is 0.313. The van der Waals surface area contributed by atoms with Crippen LogP contribution < -0.4 is 10.6 Å². The molecule has 6 heteroatoms. The minimum atomic E-state index is -1.05. The van der Waals surface area contributed by atoms with Crippen molar-refractivity contribution in [3.05, 3.63) is 35.6 Å². The quantitative estimate of drug-likeness (QED) is 0.715. The van der Waals surface area contributed by atoms with Crippen molar-refractivity contribution in [2.75, 3.05) is 6.54 Å². The van der Waals surface area contributed by atoms with Gasteiger partial charge in [-0.3, -0.25) is 0 Å². The van der Waals surface area contributed by atoms with Gasteiger partial charge in [-0.2, -0.15) is 0 Å². The van der Waals surface area contributed by atoms with Crippen LogP contribution in [0.5, 0.6) is 0 Å². The molecular weight excluding hydrogens is 263 g/mol. The van der Waals surface area contributed by atoms with Crippen LogP contribution >= 0.6 is 0 Å². The van der Waals surface area contributed by atoms with E-state index in [1.54, 1.807) is 12.1 Å². The van der Waals surface area contributed by atoms with Gasteiger partial charge in [0.25, 0.3) is 0 Å². The van der Waals surface area contributed by atoms with Crippen LogP contribution in [0.4, 0.5) is 9.18 Å². The molecule has 1 rings (SSSR count). The Balaban J connectivity index is 2.34. The molecule has 0 heterocycles. The predicted octanol–water partition coefficient (Wildman–Crippen LogP) is 1.92. The van der Waals surface area contributed by atoms with E-state index in [0.29, 0.717) is 25.8 Å². The number of benzene rings is 1. The van der Waals surface area contributed by atoms with E-state index in [9.17, 15) is 14.0 Å². The second kappa shape index (κ2) is 8.14. The summed E-state index contributed by atoms with van der Waals surface area (Å²) in [4.78, 5) is 22.4. The van der Waals surface area contributed by atoms with Crippen molar-refractivity contribution in [1.82, 2.24) is 10.6 Å². The topological polar surface area (TPSA) is 78.4 Å². The molecule has 0 saturated heterocycles. The summed E-state index contributed by atoms with van der Waals surface area (Å²) >= 11 is 0. The molecule has 0 radical (unpaired) electrons. The highest BCUT2D eigenvalue weighted by molar-refractivity contribution is 5.82. The van der Waals surface area contributed by atoms with Crippen molar-refractivity contribution >= 4 is 12.0 Å². The van der Waals surface area contributed by atoms with Gasteiger partial charge in [0.2, 0.25) is 0 Å². The number of hydrogen-bond donors (Lipinski definition) is 3. The standard InChI is InChI=1S/C14H19FN2O3/c1-2-4-12(13(18)19)17-14(20)16-8-7-10-5-3-6-11(15)9-10/h3,5-6,9,12H,2,4,7-8H2,1H3,(H,18,19)(H2,16,17,20)/t12-/m1/s1. The number of aliphatic carboxylic acids is 1. The van der Waals surface area contributed by atoms with Crippen molar-refractivity contribution in [2.24, 2.45) is 0 Å². The number of carboxylic acid groups (broad SMARTS) is 1. The average molecular weight is 282 g/mol. The van der Waals surface area contributed by atoms with E-state index < -0.39 is 18.0 Å². The van der Waals surface area contributed by atoms with Gasteiger partial charge >= 0.3 is 12.0 Å². The maximum absolute atomic E-state index is 12.9. The fourth-order valence-electron chi connectivity index (χ4n) is 1.77. The van der Waals surface area contributed by atoms with Gasteiger partial charge in [-0.1, -0.05) is 25.5 Å². The zero-order valence-corrected chi connectivity index (χ0v) is 11.4. The molecule has 0 unspecified atom stereocenters. The smallest absolute Gasteiger partial charge is 0.326 e. The van der Waals surface area contributed by atoms with Crippen LogP contribution in [0.15, 0.2) is 24.3 Å². The third-order valence-electron chi connectivity index (χ3n) is 2.77. The van der Waals surface area contributed by atoms with E-state index in [4.69, 9.17) is 5.11 Å². The summed E-state index contributed by atoms with van der Waals surface area (Å²) in [5, 5.41) is 13.9. The lowest BCUT2D eigenvalue weighted by Gasteiger charge is -2.14. The van der Waals surface area contributed by atoms with Crippen LogP contribution in [0.2, 0.25) is 0 Å². The first-order chi connectivity index (χ1) is 9.52. The van der Waals surface area contributed by atoms with Crippen molar-refractivity contribution < 1.29 is 19.1 Å². The molecule has 0 aliphatic rings. The Bertz CT molecular complexity index is 465. The third kappa shape index (κ3) is 5.69. The lowest BCUT2D eigenvalue weighted by Crippen LogP contribution is -2.46. The number of carbonyl (C=O) groups excluding carboxylic acids is 1. The number of amides is 2. The SMILES string of the molecule is CCC[C@@H](NC(=O)NCCc1cccc(F)c1)C(=O)O. The van der Waals surface area contributed by atoms with Crippen LogP contribution in [0, 0.1) is 5.82 Å². The molecule has 0 aliphatic heterocycles. The highest BCUT2D eigenvalue weighted by Crippen LogP contribution is 2.03. The van der Waals surface area contributed by atoms with E-state index in [2.05, 4.69) is 10.6 Å². The van der Waals surface area contributed by atoms with Gasteiger partial charge in [-0.25, -0.2) is 14.0 Å². The number of hydrogen-bond acceptors (Lipinski definition) is 2. The second-order valence-corrected chi connectivity index (χ2v) is 4.46. The summed E-state index contributed by atoms with van der Waals surface area (Å²) in [6.45, 7) is 2.16. The van der Waals surface area contributed by atoms with Crippen molar-refractivity contribution in [1.29, 1.82) is 0 Å². The Morgan fingerprint density at radius 3 is 2.75 bits per heavy atom. The van der Waals surface area contributed by atoms with Crippen molar-refractivity contribution in [2.45, 2.75) is 32.2 Å². The molecule has 0 spiro atoms. The predicted molar refractivity (Wildman–Crippen MR) is 73.0 cm³/mol. The molecule has 0 bridgehead atoms. The Labute approximate surface area is 117 Å². The Hall–Kier alpha value is -2.11. The number of carboxylic acids is 1. The Morgan fingerprint density at radius 2 is 2.15 bits per heavy atom. The first-order valence-corrected chi connectivity index (χ1v) is 6.54. The molecule has 1 aromatic carbocycles. The van der Waals surface area contributed by atoms with Gasteiger partial charge in [0.05, 0.1) is 0 Å². The molecule has 0 saturated carbocycles. The molecule has 0 aromatic heterocycles. The third-order valence-corrected chi connectivity index (χ3v) is 2.77. The van der Waals surface area contributed by atoms with Crippen LogP contribution in [0.3, 0.4) is 0 Å². The normalized spacial score (nSPS) is 11.7. The number of nitrogens with one attached hydrogen (secondary N) is 2. The highest BCUT2D eigenvalue weighted by atomic mass is 19.1. The second-order valence-electron chi connectivity index (χ2n) is 4.46. The number of rotatable bonds is 7. The molecular formula is C14H19FN2O3. The molecule has 0 aliphatic carbocycles. The lowest BCUT2D eigenvalue weighted by atomic mass is 10.1. The van der Waals surface area contributed by atoms with Crippen LogP contribution in [-0.2, 0) is 11.2 Å². The maximum Gasteiger partial charge on any atom is 0.326 e. The Kier molecular flexibility index (Phi) is 6.49. The average Bonchev–Trinajstić information content (AvgIpc) is 2.38. The van der Waals surface area contributed by atoms with Gasteiger partial charge in [0.15, 0.2) is 0 Å². The molecule has 110 valence electrons. The minimum Gasteiger partial charge on any atom is -0.480 e.